The van der Waals surface area contributed by atoms with Crippen LogP contribution >= 0.6 is 0 Å². The van der Waals surface area contributed by atoms with Gasteiger partial charge in [-0.25, -0.2) is 4.79 Å². The van der Waals surface area contributed by atoms with Gasteiger partial charge in [-0.2, -0.15) is 0 Å². The highest BCUT2D eigenvalue weighted by Crippen LogP contribution is 2.44. The molecular formula is C46H75NO15. The van der Waals surface area contributed by atoms with Crippen molar-refractivity contribution in [2.45, 2.75) is 25.7 Å². The topological polar surface area (TPSA) is 150 Å². The maximum Gasteiger partial charge on any atom is 0.409 e. The van der Waals surface area contributed by atoms with Gasteiger partial charge < -0.3 is 71.2 Å². The van der Waals surface area contributed by atoms with Gasteiger partial charge in [-0.3, -0.25) is 0 Å². The van der Waals surface area contributed by atoms with Gasteiger partial charge in [0.2, 0.25) is 0 Å². The fourth-order valence-electron chi connectivity index (χ4n) is 5.98. The third kappa shape index (κ3) is 26.1. The fraction of sp³-hybridized carbons (Fsp3) is 0.717. The molecule has 1 aliphatic rings. The quantitative estimate of drug-likeness (QED) is 0.0832. The molecule has 0 saturated heterocycles. The van der Waals surface area contributed by atoms with E-state index in [2.05, 4.69) is 31.2 Å². The van der Waals surface area contributed by atoms with Gasteiger partial charge in [-0.1, -0.05) is 61.9 Å². The molecule has 0 N–H and O–H groups in total. The van der Waals surface area contributed by atoms with Gasteiger partial charge >= 0.3 is 6.09 Å². The number of carbonyl (C=O) groups excluding carboxylic acids is 1. The highest BCUT2D eigenvalue weighted by atomic mass is 16.6. The van der Waals surface area contributed by atoms with Gasteiger partial charge in [-0.15, -0.1) is 0 Å². The minimum absolute atomic E-state index is 0.0361. The number of likely N-dealkylation sites (N-methyl/N-ethyl adjacent to an activating group) is 1. The Morgan fingerprint density at radius 2 is 0.694 bits per heavy atom. The van der Waals surface area contributed by atoms with E-state index in [1.54, 1.807) is 7.05 Å². The molecule has 16 heteroatoms. The summed E-state index contributed by atoms with van der Waals surface area (Å²) in [7, 11) is 1.71. The SMILES string of the molecule is CCCCOCCOCCOCCOCCOCCOCCOCCOCCOCCOCCOCCOCCOCCN(C)C(=O)OCC1c2ccccc2-c2ccccc21. The van der Waals surface area contributed by atoms with Crippen molar-refractivity contribution in [3.63, 3.8) is 0 Å². The van der Waals surface area contributed by atoms with Gasteiger partial charge in [0.25, 0.3) is 0 Å². The third-order valence-electron chi connectivity index (χ3n) is 9.33. The molecule has 2 aromatic carbocycles. The van der Waals surface area contributed by atoms with Crippen LogP contribution in [0, 0.1) is 0 Å². The Balaban J connectivity index is 0.931. The van der Waals surface area contributed by atoms with Crippen LogP contribution in [0.2, 0.25) is 0 Å². The summed E-state index contributed by atoms with van der Waals surface area (Å²) >= 11 is 0. The number of ether oxygens (including phenoxy) is 14. The molecule has 354 valence electrons. The van der Waals surface area contributed by atoms with Crippen LogP contribution in [0.3, 0.4) is 0 Å². The number of amides is 1. The Hall–Kier alpha value is -2.81. The molecule has 16 nitrogen and oxygen atoms in total. The first-order valence-electron chi connectivity index (χ1n) is 22.3. The van der Waals surface area contributed by atoms with Crippen molar-refractivity contribution < 1.29 is 71.1 Å². The molecule has 0 aliphatic heterocycles. The second-order valence-corrected chi connectivity index (χ2v) is 14.0. The molecule has 0 fully saturated rings. The normalized spacial score (nSPS) is 12.2. The zero-order valence-electron chi connectivity index (χ0n) is 37.5. The Labute approximate surface area is 369 Å². The molecule has 62 heavy (non-hydrogen) atoms. The third-order valence-corrected chi connectivity index (χ3v) is 9.33. The van der Waals surface area contributed by atoms with Crippen LogP contribution in [0.5, 0.6) is 0 Å². The van der Waals surface area contributed by atoms with Gasteiger partial charge in [0.05, 0.1) is 165 Å². The van der Waals surface area contributed by atoms with E-state index in [0.717, 1.165) is 19.4 Å². The van der Waals surface area contributed by atoms with Gasteiger partial charge in [0.1, 0.15) is 6.61 Å². The Bertz CT molecular complexity index is 1300. The first-order valence-corrected chi connectivity index (χ1v) is 22.3. The van der Waals surface area contributed by atoms with E-state index in [1.165, 1.54) is 27.2 Å². The van der Waals surface area contributed by atoms with Crippen LogP contribution in [0.25, 0.3) is 11.1 Å². The number of fused-ring (bicyclic) bond motifs is 3. The average Bonchev–Trinajstić information content (AvgIpc) is 3.61. The predicted molar refractivity (Wildman–Crippen MR) is 233 cm³/mol. The fourth-order valence-corrected chi connectivity index (χ4v) is 5.98. The minimum atomic E-state index is -0.365. The van der Waals surface area contributed by atoms with Crippen molar-refractivity contribution in [2.24, 2.45) is 0 Å². The van der Waals surface area contributed by atoms with Crippen LogP contribution in [0.1, 0.15) is 36.8 Å². The standard InChI is InChI=1S/C46H75NO15/c1-3-4-14-49-16-18-51-20-22-53-24-26-55-28-30-57-32-34-59-36-38-61-39-37-60-35-33-58-31-29-56-27-25-54-23-21-52-19-17-50-15-13-47(2)46(48)62-40-45-43-11-7-5-9-41(43)42-10-6-8-12-44(42)45/h5-12,45H,3-4,13-40H2,1-2H3. The van der Waals surface area contributed by atoms with E-state index >= 15 is 0 Å². The van der Waals surface area contributed by atoms with Gasteiger partial charge in [0, 0.05) is 26.1 Å². The summed E-state index contributed by atoms with van der Waals surface area (Å²) in [6, 6.07) is 16.6. The first-order chi connectivity index (χ1) is 30.7. The number of carbonyl (C=O) groups is 1. The lowest BCUT2D eigenvalue weighted by molar-refractivity contribution is -0.0291. The first kappa shape index (κ1) is 53.5. The molecule has 3 rings (SSSR count). The summed E-state index contributed by atoms with van der Waals surface area (Å²) in [5, 5.41) is 0. The van der Waals surface area contributed by atoms with Crippen molar-refractivity contribution in [3.8, 4) is 11.1 Å². The molecule has 0 unspecified atom stereocenters. The zero-order valence-corrected chi connectivity index (χ0v) is 37.5. The van der Waals surface area contributed by atoms with E-state index in [1.807, 2.05) is 24.3 Å². The number of hydrogen-bond acceptors (Lipinski definition) is 15. The van der Waals surface area contributed by atoms with Crippen molar-refractivity contribution in [1.82, 2.24) is 4.90 Å². The molecule has 0 aromatic heterocycles. The lowest BCUT2D eigenvalue weighted by Crippen LogP contribution is -2.32. The van der Waals surface area contributed by atoms with Gasteiger partial charge in [-0.05, 0) is 28.7 Å². The van der Waals surface area contributed by atoms with Crippen LogP contribution in [-0.4, -0.2) is 203 Å². The Kier molecular flexibility index (Phi) is 33.4. The van der Waals surface area contributed by atoms with Crippen LogP contribution in [-0.2, 0) is 66.3 Å². The molecule has 1 amide bonds. The molecule has 0 saturated carbocycles. The van der Waals surface area contributed by atoms with Crippen molar-refractivity contribution in [1.29, 1.82) is 0 Å². The lowest BCUT2D eigenvalue weighted by atomic mass is 9.98. The summed E-state index contributed by atoms with van der Waals surface area (Å²) in [5.74, 6) is 0.0361. The maximum absolute atomic E-state index is 12.6. The van der Waals surface area contributed by atoms with Crippen LogP contribution in [0.4, 0.5) is 4.79 Å². The summed E-state index contributed by atoms with van der Waals surface area (Å²) in [6.45, 7) is 16.2. The number of unbranched alkanes of at least 4 members (excludes halogenated alkanes) is 1. The van der Waals surface area contributed by atoms with Gasteiger partial charge in [0.15, 0.2) is 0 Å². The van der Waals surface area contributed by atoms with E-state index in [0.29, 0.717) is 178 Å². The molecule has 1 aliphatic carbocycles. The lowest BCUT2D eigenvalue weighted by Gasteiger charge is -2.19. The largest absolute Gasteiger partial charge is 0.448 e. The second-order valence-electron chi connectivity index (χ2n) is 14.0. The molecule has 0 atom stereocenters. The van der Waals surface area contributed by atoms with Crippen LogP contribution in [0.15, 0.2) is 48.5 Å². The Morgan fingerprint density at radius 3 is 1.00 bits per heavy atom. The predicted octanol–water partition coefficient (Wildman–Crippen LogP) is 4.88. The maximum atomic E-state index is 12.6. The molecule has 0 spiro atoms. The molecule has 0 bridgehead atoms. The van der Waals surface area contributed by atoms with E-state index in [4.69, 9.17) is 66.3 Å². The highest BCUT2D eigenvalue weighted by molar-refractivity contribution is 5.79. The summed E-state index contributed by atoms with van der Waals surface area (Å²) in [4.78, 5) is 14.2. The van der Waals surface area contributed by atoms with Crippen molar-refractivity contribution >= 4 is 6.09 Å². The smallest absolute Gasteiger partial charge is 0.409 e. The monoisotopic (exact) mass is 882 g/mol. The summed E-state index contributed by atoms with van der Waals surface area (Å²) in [5.41, 5.74) is 4.79. The van der Waals surface area contributed by atoms with E-state index in [-0.39, 0.29) is 12.0 Å². The second kappa shape index (κ2) is 38.6. The minimum Gasteiger partial charge on any atom is -0.448 e. The van der Waals surface area contributed by atoms with E-state index in [9.17, 15) is 4.79 Å². The number of rotatable bonds is 44. The van der Waals surface area contributed by atoms with Crippen molar-refractivity contribution in [3.05, 3.63) is 59.7 Å². The van der Waals surface area contributed by atoms with E-state index < -0.39 is 0 Å². The summed E-state index contributed by atoms with van der Waals surface area (Å²) in [6.07, 6.45) is 1.86. The Morgan fingerprint density at radius 1 is 0.419 bits per heavy atom. The molecule has 0 radical (unpaired) electrons. The molecular weight excluding hydrogens is 806 g/mol. The van der Waals surface area contributed by atoms with Crippen LogP contribution < -0.4 is 0 Å². The number of nitrogens with zero attached hydrogens (tertiary/aromatic N) is 1. The zero-order chi connectivity index (χ0) is 43.8. The number of benzene rings is 2. The molecule has 2 aromatic rings. The average molecular weight is 882 g/mol. The number of hydrogen-bond donors (Lipinski definition) is 0. The van der Waals surface area contributed by atoms with Crippen molar-refractivity contribution in [2.75, 3.05) is 192 Å². The molecule has 0 heterocycles. The highest BCUT2D eigenvalue weighted by Gasteiger charge is 2.29. The summed E-state index contributed by atoms with van der Waals surface area (Å²) < 4.78 is 77.3.